The van der Waals surface area contributed by atoms with E-state index < -0.39 is 17.8 Å². The highest BCUT2D eigenvalue weighted by Gasteiger charge is 2.48. The van der Waals surface area contributed by atoms with Gasteiger partial charge in [-0.15, -0.1) is 0 Å². The summed E-state index contributed by atoms with van der Waals surface area (Å²) in [6.07, 6.45) is 1.60. The van der Waals surface area contributed by atoms with E-state index in [0.717, 1.165) is 23.3 Å². The van der Waals surface area contributed by atoms with Gasteiger partial charge in [0, 0.05) is 11.6 Å². The second-order valence-corrected chi connectivity index (χ2v) is 7.08. The number of amides is 3. The van der Waals surface area contributed by atoms with Crippen LogP contribution in [0.25, 0.3) is 0 Å². The Bertz CT molecular complexity index is 921. The predicted molar refractivity (Wildman–Crippen MR) is 97.7 cm³/mol. The fourth-order valence-electron chi connectivity index (χ4n) is 3.54. The first kappa shape index (κ1) is 17.4. The molecule has 2 aromatic rings. The molecule has 0 bridgehead atoms. The number of nitrogens with zero attached hydrogens (tertiary/aromatic N) is 2. The Morgan fingerprint density at radius 1 is 1.11 bits per heavy atom. The maximum absolute atomic E-state index is 13.2. The van der Waals surface area contributed by atoms with Gasteiger partial charge < -0.3 is 4.90 Å². The van der Waals surface area contributed by atoms with E-state index >= 15 is 0 Å². The third kappa shape index (κ3) is 3.23. The number of carbonyl (C=O) groups excluding carboxylic acids is 3. The van der Waals surface area contributed by atoms with Crippen LogP contribution in [0, 0.1) is 12.7 Å². The van der Waals surface area contributed by atoms with Crippen molar-refractivity contribution in [3.05, 3.63) is 65.5 Å². The molecule has 2 aromatic carbocycles. The molecule has 1 atom stereocenters. The Morgan fingerprint density at radius 2 is 1.81 bits per heavy atom. The zero-order valence-electron chi connectivity index (χ0n) is 14.9. The lowest BCUT2D eigenvalue weighted by atomic mass is 10.1. The van der Waals surface area contributed by atoms with Crippen LogP contribution in [-0.4, -0.2) is 34.7 Å². The summed E-state index contributed by atoms with van der Waals surface area (Å²) in [6.45, 7) is 1.90. The molecule has 6 heteroatoms. The van der Waals surface area contributed by atoms with E-state index in [2.05, 4.69) is 0 Å². The Hall–Kier alpha value is -3.02. The largest absolute Gasteiger partial charge is 0.323 e. The number of aryl methyl sites for hydroxylation is 1. The molecule has 4 rings (SSSR count). The lowest BCUT2D eigenvalue weighted by Gasteiger charge is -2.28. The van der Waals surface area contributed by atoms with E-state index in [-0.39, 0.29) is 24.3 Å². The van der Waals surface area contributed by atoms with Gasteiger partial charge in [0.1, 0.15) is 11.9 Å². The van der Waals surface area contributed by atoms with Gasteiger partial charge in [-0.25, -0.2) is 9.29 Å². The van der Waals surface area contributed by atoms with E-state index in [1.165, 1.54) is 24.3 Å². The molecule has 0 N–H and O–H groups in total. The number of imide groups is 1. The summed E-state index contributed by atoms with van der Waals surface area (Å²) < 4.78 is 13.2. The van der Waals surface area contributed by atoms with Crippen LogP contribution >= 0.6 is 0 Å². The number of hydrogen-bond acceptors (Lipinski definition) is 3. The van der Waals surface area contributed by atoms with E-state index in [4.69, 9.17) is 0 Å². The Morgan fingerprint density at radius 3 is 2.44 bits per heavy atom. The van der Waals surface area contributed by atoms with Crippen LogP contribution in [0.4, 0.5) is 10.1 Å². The first-order chi connectivity index (χ1) is 13.0. The first-order valence-corrected chi connectivity index (χ1v) is 8.97. The highest BCUT2D eigenvalue weighted by Crippen LogP contribution is 2.35. The van der Waals surface area contributed by atoms with Gasteiger partial charge in [-0.3, -0.25) is 14.4 Å². The Kier molecular flexibility index (Phi) is 4.26. The molecule has 3 amide bonds. The summed E-state index contributed by atoms with van der Waals surface area (Å²) in [5, 5.41) is 0. The van der Waals surface area contributed by atoms with Gasteiger partial charge in [-0.1, -0.05) is 17.7 Å². The summed E-state index contributed by atoms with van der Waals surface area (Å²) in [6, 6.07) is 11.6. The SMILES string of the molecule is Cc1cccc(C(=O)N(C2CC2)C2CC(=O)N(c3ccc(F)cc3)C2=O)c1. The van der Waals surface area contributed by atoms with Gasteiger partial charge in [0.15, 0.2) is 0 Å². The lowest BCUT2D eigenvalue weighted by Crippen LogP contribution is -2.46. The van der Waals surface area contributed by atoms with E-state index in [9.17, 15) is 18.8 Å². The third-order valence-electron chi connectivity index (χ3n) is 4.98. The molecule has 1 aliphatic heterocycles. The fraction of sp³-hybridized carbons (Fsp3) is 0.286. The number of anilines is 1. The maximum Gasteiger partial charge on any atom is 0.257 e. The second kappa shape index (κ2) is 6.61. The standard InChI is InChI=1S/C21H19FN2O3/c1-13-3-2-4-14(11-13)20(26)23(16-9-10-16)18-12-19(25)24(21(18)27)17-7-5-15(22)6-8-17/h2-8,11,16,18H,9-10,12H2,1H3. The minimum absolute atomic E-state index is 0.0204. The molecule has 138 valence electrons. The average molecular weight is 366 g/mol. The quantitative estimate of drug-likeness (QED) is 0.782. The minimum Gasteiger partial charge on any atom is -0.323 e. The van der Waals surface area contributed by atoms with Crippen LogP contribution in [0.5, 0.6) is 0 Å². The van der Waals surface area contributed by atoms with Gasteiger partial charge in [0.05, 0.1) is 12.1 Å². The molecule has 27 heavy (non-hydrogen) atoms. The van der Waals surface area contributed by atoms with E-state index in [1.807, 2.05) is 13.0 Å². The number of hydrogen-bond donors (Lipinski definition) is 0. The molecule has 1 heterocycles. The van der Waals surface area contributed by atoms with Crippen LogP contribution in [-0.2, 0) is 9.59 Å². The molecule has 5 nitrogen and oxygen atoms in total. The molecule has 0 spiro atoms. The molecule has 1 unspecified atom stereocenters. The lowest BCUT2D eigenvalue weighted by molar-refractivity contribution is -0.122. The molecular weight excluding hydrogens is 347 g/mol. The number of halogens is 1. The van der Waals surface area contributed by atoms with Crippen molar-refractivity contribution in [2.75, 3.05) is 4.90 Å². The van der Waals surface area contributed by atoms with Crippen LogP contribution in [0.15, 0.2) is 48.5 Å². The first-order valence-electron chi connectivity index (χ1n) is 8.97. The zero-order chi connectivity index (χ0) is 19.1. The Balaban J connectivity index is 1.64. The predicted octanol–water partition coefficient (Wildman–Crippen LogP) is 3.07. The number of carbonyl (C=O) groups is 3. The van der Waals surface area contributed by atoms with Crippen molar-refractivity contribution in [3.8, 4) is 0 Å². The monoisotopic (exact) mass is 366 g/mol. The van der Waals surface area contributed by atoms with Crippen molar-refractivity contribution in [1.29, 1.82) is 0 Å². The van der Waals surface area contributed by atoms with Crippen LogP contribution < -0.4 is 4.90 Å². The van der Waals surface area contributed by atoms with Crippen molar-refractivity contribution in [3.63, 3.8) is 0 Å². The zero-order valence-corrected chi connectivity index (χ0v) is 14.9. The van der Waals surface area contributed by atoms with Gasteiger partial charge >= 0.3 is 0 Å². The molecule has 2 fully saturated rings. The second-order valence-electron chi connectivity index (χ2n) is 7.08. The van der Waals surface area contributed by atoms with Gasteiger partial charge in [-0.2, -0.15) is 0 Å². The van der Waals surface area contributed by atoms with Crippen molar-refractivity contribution >= 4 is 23.4 Å². The average Bonchev–Trinajstić information content (AvgIpc) is 3.43. The molecule has 1 saturated heterocycles. The van der Waals surface area contributed by atoms with Gasteiger partial charge in [0.25, 0.3) is 11.8 Å². The topological polar surface area (TPSA) is 57.7 Å². The molecular formula is C21H19FN2O3. The molecule has 1 aliphatic carbocycles. The fourth-order valence-corrected chi connectivity index (χ4v) is 3.54. The summed E-state index contributed by atoms with van der Waals surface area (Å²) in [4.78, 5) is 41.2. The normalized spacial score (nSPS) is 19.5. The molecule has 1 saturated carbocycles. The summed E-state index contributed by atoms with van der Waals surface area (Å²) >= 11 is 0. The summed E-state index contributed by atoms with van der Waals surface area (Å²) in [5.74, 6) is -1.48. The van der Waals surface area contributed by atoms with E-state index in [1.54, 1.807) is 23.1 Å². The highest BCUT2D eigenvalue weighted by atomic mass is 19.1. The molecule has 2 aliphatic rings. The van der Waals surface area contributed by atoms with Crippen LogP contribution in [0.1, 0.15) is 35.2 Å². The van der Waals surface area contributed by atoms with Gasteiger partial charge in [0.2, 0.25) is 5.91 Å². The molecule has 0 aromatic heterocycles. The smallest absolute Gasteiger partial charge is 0.257 e. The Labute approximate surface area is 156 Å². The number of benzene rings is 2. The van der Waals surface area contributed by atoms with E-state index in [0.29, 0.717) is 11.3 Å². The van der Waals surface area contributed by atoms with Crippen molar-refractivity contribution in [2.24, 2.45) is 0 Å². The van der Waals surface area contributed by atoms with Crippen molar-refractivity contribution < 1.29 is 18.8 Å². The molecule has 0 radical (unpaired) electrons. The maximum atomic E-state index is 13.2. The van der Waals surface area contributed by atoms with Gasteiger partial charge in [-0.05, 0) is 56.2 Å². The summed E-state index contributed by atoms with van der Waals surface area (Å²) in [5.41, 5.74) is 1.80. The third-order valence-corrected chi connectivity index (χ3v) is 4.98. The van der Waals surface area contributed by atoms with Crippen LogP contribution in [0.2, 0.25) is 0 Å². The minimum atomic E-state index is -0.817. The van der Waals surface area contributed by atoms with Crippen molar-refractivity contribution in [1.82, 2.24) is 4.90 Å². The highest BCUT2D eigenvalue weighted by molar-refractivity contribution is 6.23. The van der Waals surface area contributed by atoms with Crippen molar-refractivity contribution in [2.45, 2.75) is 38.3 Å². The summed E-state index contributed by atoms with van der Waals surface area (Å²) in [7, 11) is 0. The number of rotatable bonds is 4. The van der Waals surface area contributed by atoms with Crippen LogP contribution in [0.3, 0.4) is 0 Å².